The Morgan fingerprint density at radius 3 is 2.52 bits per heavy atom. The van der Waals surface area contributed by atoms with Gasteiger partial charge in [-0.15, -0.1) is 0 Å². The van der Waals surface area contributed by atoms with Gasteiger partial charge in [0.2, 0.25) is 0 Å². The van der Waals surface area contributed by atoms with Crippen LogP contribution in [0.3, 0.4) is 0 Å². The summed E-state index contributed by atoms with van der Waals surface area (Å²) in [6, 6.07) is 9.87. The first kappa shape index (κ1) is 18.9. The summed E-state index contributed by atoms with van der Waals surface area (Å²) in [7, 11) is 4.02. The van der Waals surface area contributed by atoms with Gasteiger partial charge in [0, 0.05) is 18.3 Å². The normalized spacial score (nSPS) is 11.0. The average molecular weight is 341 g/mol. The number of amides is 1. The van der Waals surface area contributed by atoms with Gasteiger partial charge >= 0.3 is 0 Å². The molecule has 0 saturated heterocycles. The summed E-state index contributed by atoms with van der Waals surface area (Å²) in [5, 5.41) is 6.09. The fourth-order valence-electron chi connectivity index (χ4n) is 2.34. The van der Waals surface area contributed by atoms with Crippen LogP contribution in [0.5, 0.6) is 0 Å². The summed E-state index contributed by atoms with van der Waals surface area (Å²) in [6.07, 6.45) is 2.30. The molecular weight excluding hydrogens is 314 g/mol. The maximum Gasteiger partial charge on any atom is 0.270 e. The first-order valence-electron chi connectivity index (χ1n) is 8.57. The van der Waals surface area contributed by atoms with Gasteiger partial charge in [-0.1, -0.05) is 26.0 Å². The Labute approximate surface area is 149 Å². The molecule has 1 heterocycles. The van der Waals surface area contributed by atoms with E-state index in [-0.39, 0.29) is 5.91 Å². The van der Waals surface area contributed by atoms with E-state index in [1.165, 1.54) is 11.9 Å². The predicted octanol–water partition coefficient (Wildman–Crippen LogP) is 3.03. The van der Waals surface area contributed by atoms with E-state index in [1.54, 1.807) is 6.07 Å². The van der Waals surface area contributed by atoms with Crippen LogP contribution in [0.4, 0.5) is 11.5 Å². The number of carbonyl (C=O) groups excluding carboxylic acids is 1. The average Bonchev–Trinajstić information content (AvgIpc) is 2.59. The fourth-order valence-corrected chi connectivity index (χ4v) is 2.34. The lowest BCUT2D eigenvalue weighted by atomic mass is 10.0. The molecule has 0 unspecified atom stereocenters. The third-order valence-electron chi connectivity index (χ3n) is 3.82. The smallest absolute Gasteiger partial charge is 0.270 e. The van der Waals surface area contributed by atoms with Gasteiger partial charge in [0.05, 0.1) is 0 Å². The van der Waals surface area contributed by atoms with Crippen LogP contribution in [0.25, 0.3) is 0 Å². The summed E-state index contributed by atoms with van der Waals surface area (Å²) < 4.78 is 0. The van der Waals surface area contributed by atoms with E-state index in [4.69, 9.17) is 0 Å². The van der Waals surface area contributed by atoms with Gasteiger partial charge in [0.1, 0.15) is 17.8 Å². The molecule has 1 aromatic heterocycles. The molecule has 0 atom stereocenters. The topological polar surface area (TPSA) is 70.2 Å². The van der Waals surface area contributed by atoms with Crippen LogP contribution in [0.15, 0.2) is 36.7 Å². The van der Waals surface area contributed by atoms with Crippen molar-refractivity contribution in [2.75, 3.05) is 32.5 Å². The summed E-state index contributed by atoms with van der Waals surface area (Å²) in [4.78, 5) is 22.5. The SMILES string of the molecule is CC(C)c1ccc(Nc2cc(C(=O)NCCCN(C)C)ncn2)cc1. The second-order valence-electron chi connectivity index (χ2n) is 6.60. The van der Waals surface area contributed by atoms with Gasteiger partial charge in [0.25, 0.3) is 5.91 Å². The molecule has 0 aliphatic carbocycles. The van der Waals surface area contributed by atoms with Gasteiger partial charge < -0.3 is 15.5 Å². The first-order valence-corrected chi connectivity index (χ1v) is 8.57. The summed E-state index contributed by atoms with van der Waals surface area (Å²) in [5.74, 6) is 0.918. The minimum Gasteiger partial charge on any atom is -0.351 e. The lowest BCUT2D eigenvalue weighted by Crippen LogP contribution is -2.27. The molecular formula is C19H27N5O. The largest absolute Gasteiger partial charge is 0.351 e. The number of anilines is 2. The number of nitrogens with zero attached hydrogens (tertiary/aromatic N) is 3. The predicted molar refractivity (Wildman–Crippen MR) is 101 cm³/mol. The van der Waals surface area contributed by atoms with Crippen molar-refractivity contribution in [3.63, 3.8) is 0 Å². The lowest BCUT2D eigenvalue weighted by Gasteiger charge is -2.11. The molecule has 2 aromatic rings. The second-order valence-corrected chi connectivity index (χ2v) is 6.60. The molecule has 0 fully saturated rings. The van der Waals surface area contributed by atoms with Crippen LogP contribution < -0.4 is 10.6 Å². The van der Waals surface area contributed by atoms with Crippen molar-refractivity contribution < 1.29 is 4.79 Å². The van der Waals surface area contributed by atoms with Gasteiger partial charge in [0.15, 0.2) is 0 Å². The number of benzene rings is 1. The maximum absolute atomic E-state index is 12.2. The minimum absolute atomic E-state index is 0.181. The zero-order valence-electron chi connectivity index (χ0n) is 15.4. The Morgan fingerprint density at radius 2 is 1.88 bits per heavy atom. The van der Waals surface area contributed by atoms with E-state index in [1.807, 2.05) is 26.2 Å². The van der Waals surface area contributed by atoms with Crippen molar-refractivity contribution in [2.45, 2.75) is 26.2 Å². The highest BCUT2D eigenvalue weighted by Gasteiger charge is 2.08. The summed E-state index contributed by atoms with van der Waals surface area (Å²) in [5.41, 5.74) is 2.58. The summed E-state index contributed by atoms with van der Waals surface area (Å²) >= 11 is 0. The van der Waals surface area contributed by atoms with Crippen LogP contribution in [0.2, 0.25) is 0 Å². The number of nitrogens with one attached hydrogen (secondary N) is 2. The minimum atomic E-state index is -0.181. The zero-order valence-corrected chi connectivity index (χ0v) is 15.4. The maximum atomic E-state index is 12.2. The Balaban J connectivity index is 1.94. The molecule has 134 valence electrons. The Hall–Kier alpha value is -2.47. The van der Waals surface area contributed by atoms with Crippen LogP contribution in [0.1, 0.15) is 42.2 Å². The third kappa shape index (κ3) is 6.15. The molecule has 25 heavy (non-hydrogen) atoms. The standard InChI is InChI=1S/C19H27N5O/c1-14(2)15-6-8-16(9-7-15)23-18-12-17(21-13-22-18)19(25)20-10-5-11-24(3)4/h6-9,12-14H,5,10-11H2,1-4H3,(H,20,25)(H,21,22,23). The lowest BCUT2D eigenvalue weighted by molar-refractivity contribution is 0.0947. The van der Waals surface area contributed by atoms with Crippen LogP contribution in [-0.4, -0.2) is 48.0 Å². The Bertz CT molecular complexity index is 682. The highest BCUT2D eigenvalue weighted by molar-refractivity contribution is 5.92. The van der Waals surface area contributed by atoms with Gasteiger partial charge in [-0.25, -0.2) is 9.97 Å². The number of hydrogen-bond donors (Lipinski definition) is 2. The summed E-state index contributed by atoms with van der Waals surface area (Å²) in [6.45, 7) is 5.89. The zero-order chi connectivity index (χ0) is 18.2. The molecule has 6 nitrogen and oxygen atoms in total. The van der Waals surface area contributed by atoms with E-state index < -0.39 is 0 Å². The number of hydrogen-bond acceptors (Lipinski definition) is 5. The van der Waals surface area contributed by atoms with Crippen molar-refractivity contribution in [1.29, 1.82) is 0 Å². The Kier molecular flexibility index (Phi) is 6.89. The molecule has 6 heteroatoms. The van der Waals surface area contributed by atoms with E-state index in [2.05, 4.69) is 51.5 Å². The number of aromatic nitrogens is 2. The van der Waals surface area contributed by atoms with Gasteiger partial charge in [-0.3, -0.25) is 4.79 Å². The van der Waals surface area contributed by atoms with E-state index in [0.29, 0.717) is 24.0 Å². The van der Waals surface area contributed by atoms with Crippen molar-refractivity contribution >= 4 is 17.4 Å². The van der Waals surface area contributed by atoms with Crippen LogP contribution in [0, 0.1) is 0 Å². The van der Waals surface area contributed by atoms with E-state index in [0.717, 1.165) is 18.7 Å². The highest BCUT2D eigenvalue weighted by atomic mass is 16.1. The van der Waals surface area contributed by atoms with Crippen molar-refractivity contribution in [1.82, 2.24) is 20.2 Å². The number of carbonyl (C=O) groups is 1. The molecule has 0 aliphatic rings. The molecule has 1 amide bonds. The van der Waals surface area contributed by atoms with Crippen LogP contribution in [-0.2, 0) is 0 Å². The molecule has 2 N–H and O–H groups in total. The fraction of sp³-hybridized carbons (Fsp3) is 0.421. The number of rotatable bonds is 8. The first-order chi connectivity index (χ1) is 12.0. The molecule has 0 aliphatic heterocycles. The quantitative estimate of drug-likeness (QED) is 0.722. The highest BCUT2D eigenvalue weighted by Crippen LogP contribution is 2.19. The molecule has 0 radical (unpaired) electrons. The van der Waals surface area contributed by atoms with Crippen molar-refractivity contribution in [3.8, 4) is 0 Å². The second kappa shape index (κ2) is 9.13. The third-order valence-corrected chi connectivity index (χ3v) is 3.82. The molecule has 0 bridgehead atoms. The van der Waals surface area contributed by atoms with Crippen LogP contribution >= 0.6 is 0 Å². The van der Waals surface area contributed by atoms with E-state index in [9.17, 15) is 4.79 Å². The molecule has 0 spiro atoms. The van der Waals surface area contributed by atoms with Crippen molar-refractivity contribution in [3.05, 3.63) is 47.9 Å². The molecule has 2 rings (SSSR count). The van der Waals surface area contributed by atoms with Gasteiger partial charge in [-0.05, 0) is 50.7 Å². The molecule has 1 aromatic carbocycles. The van der Waals surface area contributed by atoms with E-state index >= 15 is 0 Å². The monoisotopic (exact) mass is 341 g/mol. The van der Waals surface area contributed by atoms with Gasteiger partial charge in [-0.2, -0.15) is 0 Å². The Morgan fingerprint density at radius 1 is 1.16 bits per heavy atom. The van der Waals surface area contributed by atoms with Crippen molar-refractivity contribution in [2.24, 2.45) is 0 Å². The molecule has 0 saturated carbocycles.